The molecule has 0 spiro atoms. The van der Waals surface area contributed by atoms with Crippen molar-refractivity contribution in [1.29, 1.82) is 0 Å². The van der Waals surface area contributed by atoms with Gasteiger partial charge in [-0.05, 0) is 30.7 Å². The number of aliphatic imine (C=N–C) groups is 2. The van der Waals surface area contributed by atoms with Crippen LogP contribution >= 0.6 is 0 Å². The lowest BCUT2D eigenvalue weighted by molar-refractivity contribution is -0.137. The molecule has 1 aromatic rings. The SMILES string of the molecule is NNC=Nc1cccc(C(=O)NCC(=O)NC2(CCC(=O)O)C=CC=NC2)c1. The Labute approximate surface area is 161 Å². The van der Waals surface area contributed by atoms with Crippen LogP contribution < -0.4 is 21.9 Å². The molecule has 0 bridgehead atoms. The minimum absolute atomic E-state index is 0.114. The molecule has 0 aromatic heterocycles. The van der Waals surface area contributed by atoms with Gasteiger partial charge in [0.1, 0.15) is 6.34 Å². The lowest BCUT2D eigenvalue weighted by Gasteiger charge is -2.31. The van der Waals surface area contributed by atoms with E-state index in [-0.39, 0.29) is 25.9 Å². The molecule has 1 unspecified atom stereocenters. The second kappa shape index (κ2) is 9.97. The molecule has 0 fully saturated rings. The molecular formula is C18H22N6O4. The second-order valence-electron chi connectivity index (χ2n) is 6.10. The Morgan fingerprint density at radius 3 is 2.86 bits per heavy atom. The van der Waals surface area contributed by atoms with Crippen LogP contribution in [-0.2, 0) is 9.59 Å². The van der Waals surface area contributed by atoms with Crippen molar-refractivity contribution in [2.24, 2.45) is 15.8 Å². The zero-order chi connectivity index (χ0) is 20.4. The number of amides is 2. The van der Waals surface area contributed by atoms with Gasteiger partial charge in [0.05, 0.1) is 24.3 Å². The van der Waals surface area contributed by atoms with Gasteiger partial charge in [-0.3, -0.25) is 19.4 Å². The van der Waals surface area contributed by atoms with Gasteiger partial charge in [0, 0.05) is 18.2 Å². The fraction of sp³-hybridized carbons (Fsp3) is 0.278. The highest BCUT2D eigenvalue weighted by molar-refractivity contribution is 5.97. The topological polar surface area (TPSA) is 158 Å². The Hall–Kier alpha value is -3.53. The normalized spacial score (nSPS) is 18.0. The van der Waals surface area contributed by atoms with Crippen LogP contribution in [0.25, 0.3) is 0 Å². The van der Waals surface area contributed by atoms with Crippen LogP contribution in [0.5, 0.6) is 0 Å². The van der Waals surface area contributed by atoms with Gasteiger partial charge in [0.2, 0.25) is 5.91 Å². The molecule has 1 atom stereocenters. The third-order valence-electron chi connectivity index (χ3n) is 3.96. The third-order valence-corrected chi connectivity index (χ3v) is 3.96. The van der Waals surface area contributed by atoms with Gasteiger partial charge in [-0.15, -0.1) is 0 Å². The Balaban J connectivity index is 1.94. The number of aliphatic carboxylic acids is 1. The quantitative estimate of drug-likeness (QED) is 0.172. The maximum Gasteiger partial charge on any atom is 0.303 e. The molecule has 0 saturated carbocycles. The number of allylic oxidation sites excluding steroid dienone is 1. The molecule has 1 aromatic carbocycles. The molecule has 2 rings (SSSR count). The first-order valence-electron chi connectivity index (χ1n) is 8.51. The Morgan fingerprint density at radius 1 is 1.36 bits per heavy atom. The molecule has 1 aliphatic heterocycles. The number of hydrogen-bond acceptors (Lipinski definition) is 6. The molecule has 2 amide bonds. The van der Waals surface area contributed by atoms with Crippen molar-refractivity contribution in [2.75, 3.05) is 13.1 Å². The minimum Gasteiger partial charge on any atom is -0.481 e. The first-order chi connectivity index (χ1) is 13.4. The number of carbonyl (C=O) groups excluding carboxylic acids is 2. The van der Waals surface area contributed by atoms with Gasteiger partial charge in [0.15, 0.2) is 0 Å². The van der Waals surface area contributed by atoms with Crippen LogP contribution in [0.3, 0.4) is 0 Å². The van der Waals surface area contributed by atoms with Crippen molar-refractivity contribution in [1.82, 2.24) is 16.1 Å². The van der Waals surface area contributed by atoms with Gasteiger partial charge in [0.25, 0.3) is 5.91 Å². The van der Waals surface area contributed by atoms with Crippen molar-refractivity contribution >= 4 is 36.0 Å². The predicted octanol–water partition coefficient (Wildman–Crippen LogP) is -0.100. The van der Waals surface area contributed by atoms with Crippen LogP contribution in [0.1, 0.15) is 23.2 Å². The molecule has 10 heteroatoms. The number of hydrogen-bond donors (Lipinski definition) is 5. The van der Waals surface area contributed by atoms with Crippen molar-refractivity contribution in [3.05, 3.63) is 42.0 Å². The van der Waals surface area contributed by atoms with Gasteiger partial charge in [-0.1, -0.05) is 12.1 Å². The number of nitrogens with zero attached hydrogens (tertiary/aromatic N) is 2. The van der Waals surface area contributed by atoms with Gasteiger partial charge < -0.3 is 21.2 Å². The molecule has 6 N–H and O–H groups in total. The van der Waals surface area contributed by atoms with Gasteiger partial charge in [-0.25, -0.2) is 10.8 Å². The predicted molar refractivity (Wildman–Crippen MR) is 104 cm³/mol. The summed E-state index contributed by atoms with van der Waals surface area (Å²) in [4.78, 5) is 43.5. The average molecular weight is 386 g/mol. The number of nitrogens with two attached hydrogens (primary N) is 1. The smallest absolute Gasteiger partial charge is 0.303 e. The highest BCUT2D eigenvalue weighted by Gasteiger charge is 2.30. The summed E-state index contributed by atoms with van der Waals surface area (Å²) in [7, 11) is 0. The largest absolute Gasteiger partial charge is 0.481 e. The number of dihydropyridines is 1. The molecule has 28 heavy (non-hydrogen) atoms. The van der Waals surface area contributed by atoms with Gasteiger partial charge >= 0.3 is 5.97 Å². The number of nitrogens with one attached hydrogen (secondary N) is 3. The summed E-state index contributed by atoms with van der Waals surface area (Å²) in [6.45, 7) is -0.0191. The molecule has 1 heterocycles. The monoisotopic (exact) mass is 386 g/mol. The number of rotatable bonds is 9. The second-order valence-corrected chi connectivity index (χ2v) is 6.10. The molecule has 0 radical (unpaired) electrons. The van der Waals surface area contributed by atoms with E-state index in [0.717, 1.165) is 0 Å². The fourth-order valence-electron chi connectivity index (χ4n) is 2.62. The Morgan fingerprint density at radius 2 is 2.18 bits per heavy atom. The van der Waals surface area contributed by atoms with Crippen LogP contribution in [0, 0.1) is 0 Å². The molecular weight excluding hydrogens is 364 g/mol. The highest BCUT2D eigenvalue weighted by atomic mass is 16.4. The molecule has 10 nitrogen and oxygen atoms in total. The molecule has 1 aliphatic rings. The molecule has 148 valence electrons. The average Bonchev–Trinajstić information content (AvgIpc) is 2.70. The summed E-state index contributed by atoms with van der Waals surface area (Å²) >= 11 is 0. The van der Waals surface area contributed by atoms with E-state index in [1.165, 1.54) is 6.34 Å². The van der Waals surface area contributed by atoms with E-state index in [4.69, 9.17) is 10.9 Å². The van der Waals surface area contributed by atoms with E-state index in [1.807, 2.05) is 0 Å². The summed E-state index contributed by atoms with van der Waals surface area (Å²) < 4.78 is 0. The van der Waals surface area contributed by atoms with Crippen LogP contribution in [0.4, 0.5) is 5.69 Å². The Kier molecular flexibility index (Phi) is 7.40. The van der Waals surface area contributed by atoms with Crippen molar-refractivity contribution < 1.29 is 19.5 Å². The number of carbonyl (C=O) groups is 3. The van der Waals surface area contributed by atoms with E-state index in [1.54, 1.807) is 42.6 Å². The first-order valence-corrected chi connectivity index (χ1v) is 8.51. The maximum atomic E-state index is 12.3. The summed E-state index contributed by atoms with van der Waals surface area (Å²) in [6.07, 6.45) is 6.33. The van der Waals surface area contributed by atoms with E-state index in [9.17, 15) is 14.4 Å². The summed E-state index contributed by atoms with van der Waals surface area (Å²) in [5.74, 6) is 3.27. The zero-order valence-electron chi connectivity index (χ0n) is 15.1. The Bertz CT molecular complexity index is 820. The molecule has 0 saturated heterocycles. The first kappa shape index (κ1) is 20.8. The number of benzene rings is 1. The van der Waals surface area contributed by atoms with Crippen LogP contribution in [0.15, 0.2) is 46.4 Å². The maximum absolute atomic E-state index is 12.3. The van der Waals surface area contributed by atoms with E-state index in [0.29, 0.717) is 11.3 Å². The van der Waals surface area contributed by atoms with Crippen molar-refractivity contribution in [3.63, 3.8) is 0 Å². The lowest BCUT2D eigenvalue weighted by atomic mass is 9.91. The van der Waals surface area contributed by atoms with Gasteiger partial charge in [-0.2, -0.15) is 0 Å². The number of carboxylic acid groups (broad SMARTS) is 1. The standard InChI is InChI=1S/C18H22N6O4/c19-23-12-22-14-4-1-3-13(9-14)17(28)21-10-15(25)24-18(7-5-16(26)27)6-2-8-20-11-18/h1-4,6,8-9,12H,5,7,10-11,19H2,(H,21,28)(H,22,23)(H,24,25)(H,26,27). The summed E-state index contributed by atoms with van der Waals surface area (Å²) in [5, 5.41) is 14.2. The molecule has 0 aliphatic carbocycles. The summed E-state index contributed by atoms with van der Waals surface area (Å²) in [5.41, 5.74) is 2.25. The van der Waals surface area contributed by atoms with Crippen LogP contribution in [-0.4, -0.2) is 54.1 Å². The minimum atomic E-state index is -0.961. The summed E-state index contributed by atoms with van der Waals surface area (Å²) in [6, 6.07) is 6.49. The van der Waals surface area contributed by atoms with E-state index < -0.39 is 23.3 Å². The highest BCUT2D eigenvalue weighted by Crippen LogP contribution is 2.18. The van der Waals surface area contributed by atoms with Crippen molar-refractivity contribution in [3.8, 4) is 0 Å². The van der Waals surface area contributed by atoms with Crippen molar-refractivity contribution in [2.45, 2.75) is 18.4 Å². The number of hydrazine groups is 1. The van der Waals surface area contributed by atoms with Crippen LogP contribution in [0.2, 0.25) is 0 Å². The van der Waals surface area contributed by atoms with E-state index in [2.05, 4.69) is 26.0 Å². The lowest BCUT2D eigenvalue weighted by Crippen LogP contribution is -2.53. The van der Waals surface area contributed by atoms with E-state index >= 15 is 0 Å². The zero-order valence-corrected chi connectivity index (χ0v) is 15.1. The third kappa shape index (κ3) is 6.32. The fourth-order valence-corrected chi connectivity index (χ4v) is 2.62. The number of carboxylic acids is 1.